The Bertz CT molecular complexity index is 586. The van der Waals surface area contributed by atoms with Gasteiger partial charge in [0.1, 0.15) is 17.4 Å². The van der Waals surface area contributed by atoms with Crippen molar-refractivity contribution in [2.24, 2.45) is 0 Å². The Morgan fingerprint density at radius 3 is 2.59 bits per heavy atom. The molecule has 0 aliphatic carbocycles. The number of carbonyl (C=O) groups is 1. The average Bonchev–Trinajstić information content (AvgIpc) is 3.40. The molecule has 1 aliphatic rings. The van der Waals surface area contributed by atoms with E-state index < -0.39 is 5.97 Å². The van der Waals surface area contributed by atoms with Crippen molar-refractivity contribution in [3.8, 4) is 5.75 Å². The molecule has 1 fully saturated rings. The molecule has 1 aromatic rings. The average molecular weight is 379 g/mol. The van der Waals surface area contributed by atoms with Crippen LogP contribution in [0.15, 0.2) is 18.2 Å². The second-order valence-electron chi connectivity index (χ2n) is 7.63. The third-order valence-electron chi connectivity index (χ3n) is 5.38. The largest absolute Gasteiger partial charge is 0.507 e. The van der Waals surface area contributed by atoms with Gasteiger partial charge in [0.05, 0.1) is 12.2 Å². The number of unbranched alkanes of at least 4 members (excludes halogenated alkanes) is 6. The molecule has 2 rings (SSSR count). The van der Waals surface area contributed by atoms with Gasteiger partial charge >= 0.3 is 5.97 Å². The van der Waals surface area contributed by atoms with E-state index in [9.17, 15) is 20.1 Å². The maximum atomic E-state index is 11.2. The molecule has 1 saturated heterocycles. The van der Waals surface area contributed by atoms with Gasteiger partial charge in [0, 0.05) is 0 Å². The molecule has 5 nitrogen and oxygen atoms in total. The summed E-state index contributed by atoms with van der Waals surface area (Å²) in [5, 5.41) is 29.0. The third-order valence-corrected chi connectivity index (χ3v) is 5.38. The SMILES string of the molecule is CCCCCC(O)C1OC1CCCCCCCc1cccc(O)c1C(=O)O. The minimum Gasteiger partial charge on any atom is -0.507 e. The highest BCUT2D eigenvalue weighted by atomic mass is 16.6. The number of aromatic carboxylic acids is 1. The number of aliphatic hydroxyl groups is 1. The summed E-state index contributed by atoms with van der Waals surface area (Å²) in [7, 11) is 0. The summed E-state index contributed by atoms with van der Waals surface area (Å²) < 4.78 is 5.61. The molecule has 0 bridgehead atoms. The summed E-state index contributed by atoms with van der Waals surface area (Å²) in [5.74, 6) is -1.23. The van der Waals surface area contributed by atoms with Gasteiger partial charge in [0.25, 0.3) is 0 Å². The van der Waals surface area contributed by atoms with Gasteiger partial charge in [-0.2, -0.15) is 0 Å². The van der Waals surface area contributed by atoms with Crippen molar-refractivity contribution in [1.82, 2.24) is 0 Å². The fourth-order valence-electron chi connectivity index (χ4n) is 3.73. The van der Waals surface area contributed by atoms with Crippen molar-refractivity contribution in [2.75, 3.05) is 0 Å². The van der Waals surface area contributed by atoms with E-state index in [2.05, 4.69) is 6.92 Å². The van der Waals surface area contributed by atoms with Gasteiger partial charge in [-0.25, -0.2) is 4.79 Å². The summed E-state index contributed by atoms with van der Waals surface area (Å²) in [6.07, 6.45) is 11.3. The van der Waals surface area contributed by atoms with Crippen molar-refractivity contribution in [3.63, 3.8) is 0 Å². The summed E-state index contributed by atoms with van der Waals surface area (Å²) in [4.78, 5) is 11.2. The van der Waals surface area contributed by atoms with Crippen molar-refractivity contribution in [1.29, 1.82) is 0 Å². The highest BCUT2D eigenvalue weighted by Crippen LogP contribution is 2.32. The highest BCUT2D eigenvalue weighted by Gasteiger charge is 2.42. The Labute approximate surface area is 162 Å². The van der Waals surface area contributed by atoms with Crippen LogP contribution in [-0.4, -0.2) is 39.6 Å². The Balaban J connectivity index is 1.53. The number of epoxide rings is 1. The van der Waals surface area contributed by atoms with Crippen LogP contribution in [0, 0.1) is 0 Å². The molecule has 3 unspecified atom stereocenters. The summed E-state index contributed by atoms with van der Waals surface area (Å²) in [5.41, 5.74) is 0.737. The Morgan fingerprint density at radius 2 is 1.85 bits per heavy atom. The maximum absolute atomic E-state index is 11.2. The van der Waals surface area contributed by atoms with E-state index in [0.29, 0.717) is 12.0 Å². The molecule has 27 heavy (non-hydrogen) atoms. The number of phenols is 1. The quantitative estimate of drug-likeness (QED) is 0.323. The van der Waals surface area contributed by atoms with Gasteiger partial charge in [0.15, 0.2) is 0 Å². The van der Waals surface area contributed by atoms with Crippen LogP contribution in [0.1, 0.15) is 87.1 Å². The summed E-state index contributed by atoms with van der Waals surface area (Å²) in [6, 6.07) is 4.89. The molecule has 0 amide bonds. The third kappa shape index (κ3) is 7.15. The van der Waals surface area contributed by atoms with Gasteiger partial charge in [-0.15, -0.1) is 0 Å². The van der Waals surface area contributed by atoms with Gasteiger partial charge in [-0.05, 0) is 37.3 Å². The second kappa shape index (κ2) is 11.3. The molecule has 0 radical (unpaired) electrons. The Morgan fingerprint density at radius 1 is 1.11 bits per heavy atom. The number of carboxylic acids is 1. The molecular formula is C22H34O5. The molecule has 1 aliphatic heterocycles. The van der Waals surface area contributed by atoms with Gasteiger partial charge in [0.2, 0.25) is 0 Å². The van der Waals surface area contributed by atoms with E-state index in [1.165, 1.54) is 18.9 Å². The van der Waals surface area contributed by atoms with Crippen LogP contribution < -0.4 is 0 Å². The van der Waals surface area contributed by atoms with Crippen molar-refractivity contribution < 1.29 is 24.9 Å². The van der Waals surface area contributed by atoms with Crippen LogP contribution in [0.2, 0.25) is 0 Å². The molecule has 5 heteroatoms. The molecule has 0 saturated carbocycles. The van der Waals surface area contributed by atoms with Crippen LogP contribution in [0.5, 0.6) is 5.75 Å². The van der Waals surface area contributed by atoms with Crippen LogP contribution in [0.3, 0.4) is 0 Å². The van der Waals surface area contributed by atoms with E-state index in [-0.39, 0.29) is 29.6 Å². The minimum atomic E-state index is -1.07. The standard InChI is InChI=1S/C22H34O5/c1-2-3-7-13-18(24)21-19(27-21)15-9-6-4-5-8-11-16-12-10-14-17(23)20(16)22(25)26/h10,12,14,18-19,21,23-24H,2-9,11,13,15H2,1H3,(H,25,26). The normalized spacial score (nSPS) is 19.8. The van der Waals surface area contributed by atoms with E-state index in [0.717, 1.165) is 51.4 Å². The molecule has 0 spiro atoms. The van der Waals surface area contributed by atoms with E-state index in [4.69, 9.17) is 4.74 Å². The van der Waals surface area contributed by atoms with E-state index in [1.54, 1.807) is 12.1 Å². The zero-order valence-electron chi connectivity index (χ0n) is 16.4. The predicted octanol–water partition coefficient (Wildman–Crippen LogP) is 4.68. The first kappa shape index (κ1) is 21.7. The number of aliphatic hydroxyl groups excluding tert-OH is 1. The molecular weight excluding hydrogens is 344 g/mol. The minimum absolute atomic E-state index is 0.0342. The first-order valence-electron chi connectivity index (χ1n) is 10.4. The Hall–Kier alpha value is -1.59. The number of rotatable bonds is 14. The Kier molecular flexibility index (Phi) is 9.08. The first-order valence-corrected chi connectivity index (χ1v) is 10.4. The van der Waals surface area contributed by atoms with E-state index >= 15 is 0 Å². The smallest absolute Gasteiger partial charge is 0.339 e. The fraction of sp³-hybridized carbons (Fsp3) is 0.682. The summed E-state index contributed by atoms with van der Waals surface area (Å²) >= 11 is 0. The molecule has 1 heterocycles. The van der Waals surface area contributed by atoms with Crippen molar-refractivity contribution in [3.05, 3.63) is 29.3 Å². The maximum Gasteiger partial charge on any atom is 0.339 e. The summed E-state index contributed by atoms with van der Waals surface area (Å²) in [6.45, 7) is 2.16. The van der Waals surface area contributed by atoms with Gasteiger partial charge in [-0.3, -0.25) is 0 Å². The molecule has 0 aromatic heterocycles. The zero-order valence-corrected chi connectivity index (χ0v) is 16.4. The monoisotopic (exact) mass is 378 g/mol. The molecule has 3 atom stereocenters. The second-order valence-corrected chi connectivity index (χ2v) is 7.63. The molecule has 3 N–H and O–H groups in total. The number of aryl methyl sites for hydroxylation is 1. The van der Waals surface area contributed by atoms with E-state index in [1.807, 2.05) is 0 Å². The van der Waals surface area contributed by atoms with Crippen LogP contribution >= 0.6 is 0 Å². The van der Waals surface area contributed by atoms with Gasteiger partial charge in [-0.1, -0.05) is 64.0 Å². The van der Waals surface area contributed by atoms with Crippen molar-refractivity contribution >= 4 is 5.97 Å². The number of carboxylic acid groups (broad SMARTS) is 1. The number of hydrogen-bond donors (Lipinski definition) is 3. The topological polar surface area (TPSA) is 90.3 Å². The predicted molar refractivity (Wildman–Crippen MR) is 105 cm³/mol. The number of aromatic hydroxyl groups is 1. The van der Waals surface area contributed by atoms with Crippen LogP contribution in [0.25, 0.3) is 0 Å². The fourth-order valence-corrected chi connectivity index (χ4v) is 3.73. The lowest BCUT2D eigenvalue weighted by atomic mass is 9.99. The highest BCUT2D eigenvalue weighted by molar-refractivity contribution is 5.92. The lowest BCUT2D eigenvalue weighted by molar-refractivity contribution is 0.0692. The van der Waals surface area contributed by atoms with Crippen LogP contribution in [0.4, 0.5) is 0 Å². The molecule has 1 aromatic carbocycles. The number of hydrogen-bond acceptors (Lipinski definition) is 4. The lowest BCUT2D eigenvalue weighted by Crippen LogP contribution is -2.16. The number of benzene rings is 1. The molecule has 152 valence electrons. The van der Waals surface area contributed by atoms with Crippen molar-refractivity contribution in [2.45, 2.75) is 95.9 Å². The lowest BCUT2D eigenvalue weighted by Gasteiger charge is -2.08. The number of ether oxygens (including phenoxy) is 1. The van der Waals surface area contributed by atoms with Gasteiger partial charge < -0.3 is 20.1 Å². The first-order chi connectivity index (χ1) is 13.0. The van der Waals surface area contributed by atoms with Crippen LogP contribution in [-0.2, 0) is 11.2 Å². The zero-order chi connectivity index (χ0) is 19.6.